The fraction of sp³-hybridized carbons (Fsp3) is 0.556. The van der Waals surface area contributed by atoms with Crippen LogP contribution in [0.25, 0.3) is 0 Å². The van der Waals surface area contributed by atoms with Gasteiger partial charge in [-0.15, -0.1) is 0 Å². The van der Waals surface area contributed by atoms with E-state index in [1.807, 2.05) is 11.8 Å². The fourth-order valence-corrected chi connectivity index (χ4v) is 1.68. The van der Waals surface area contributed by atoms with Gasteiger partial charge in [-0.25, -0.2) is 4.98 Å². The minimum Gasteiger partial charge on any atom is -0.391 e. The number of hydrogen-bond donors (Lipinski definition) is 2. The highest BCUT2D eigenvalue weighted by atomic mass is 16.3. The quantitative estimate of drug-likeness (QED) is 0.651. The lowest BCUT2D eigenvalue weighted by molar-refractivity contribution is 0.157. The van der Waals surface area contributed by atoms with Crippen LogP contribution < -0.4 is 10.6 Å². The third-order valence-corrected chi connectivity index (χ3v) is 2.56. The monoisotopic (exact) mass is 194 g/mol. The van der Waals surface area contributed by atoms with Crippen LogP contribution in [-0.2, 0) is 0 Å². The van der Waals surface area contributed by atoms with E-state index in [2.05, 4.69) is 9.97 Å². The predicted molar refractivity (Wildman–Crippen MR) is 53.8 cm³/mol. The van der Waals surface area contributed by atoms with Gasteiger partial charge in [-0.1, -0.05) is 6.92 Å². The lowest BCUT2D eigenvalue weighted by Gasteiger charge is -2.16. The highest BCUT2D eigenvalue weighted by Gasteiger charge is 2.28. The van der Waals surface area contributed by atoms with Crippen molar-refractivity contribution in [3.63, 3.8) is 0 Å². The zero-order valence-electron chi connectivity index (χ0n) is 8.09. The Bertz CT molecular complexity index is 320. The van der Waals surface area contributed by atoms with Crippen molar-refractivity contribution in [2.75, 3.05) is 23.7 Å². The van der Waals surface area contributed by atoms with E-state index in [-0.39, 0.29) is 18.0 Å². The number of hydrogen-bond acceptors (Lipinski definition) is 5. The summed E-state index contributed by atoms with van der Waals surface area (Å²) in [5, 5.41) is 9.58. The fourth-order valence-electron chi connectivity index (χ4n) is 1.68. The molecule has 2 rings (SSSR count). The Morgan fingerprint density at radius 3 is 2.93 bits per heavy atom. The Kier molecular flexibility index (Phi) is 2.25. The van der Waals surface area contributed by atoms with Gasteiger partial charge in [0.15, 0.2) is 0 Å². The molecule has 1 aromatic rings. The summed E-state index contributed by atoms with van der Waals surface area (Å²) in [4.78, 5) is 9.95. The normalized spacial score (nSPS) is 26.9. The van der Waals surface area contributed by atoms with Crippen LogP contribution in [0.2, 0.25) is 0 Å². The Morgan fingerprint density at radius 2 is 2.36 bits per heavy atom. The number of nitrogens with zero attached hydrogens (tertiary/aromatic N) is 3. The van der Waals surface area contributed by atoms with Gasteiger partial charge >= 0.3 is 0 Å². The molecule has 14 heavy (non-hydrogen) atoms. The summed E-state index contributed by atoms with van der Waals surface area (Å²) in [5.74, 6) is 1.35. The minimum atomic E-state index is -0.272. The molecular weight excluding hydrogens is 180 g/mol. The summed E-state index contributed by atoms with van der Waals surface area (Å²) < 4.78 is 0. The lowest BCUT2D eigenvalue weighted by atomic mass is 10.1. The number of anilines is 2. The first-order chi connectivity index (χ1) is 6.66. The number of rotatable bonds is 1. The average molecular weight is 194 g/mol. The highest BCUT2D eigenvalue weighted by Crippen LogP contribution is 2.21. The molecule has 2 heterocycles. The van der Waals surface area contributed by atoms with Gasteiger partial charge in [0.05, 0.1) is 6.10 Å². The molecule has 2 atom stereocenters. The maximum atomic E-state index is 9.58. The second-order valence-corrected chi connectivity index (χ2v) is 3.72. The summed E-state index contributed by atoms with van der Waals surface area (Å²) in [6.45, 7) is 3.46. The van der Waals surface area contributed by atoms with Gasteiger partial charge in [-0.05, 0) is 6.07 Å². The second kappa shape index (κ2) is 3.42. The van der Waals surface area contributed by atoms with Crippen LogP contribution in [0, 0.1) is 5.92 Å². The average Bonchev–Trinajstić information content (AvgIpc) is 2.47. The molecule has 1 aliphatic rings. The van der Waals surface area contributed by atoms with Crippen LogP contribution in [0.15, 0.2) is 12.3 Å². The van der Waals surface area contributed by atoms with E-state index < -0.39 is 0 Å². The second-order valence-electron chi connectivity index (χ2n) is 3.72. The number of β-amino-alcohol motifs (C(OH)–C–C–N with tert-alkyl or cyclic N) is 1. The first-order valence-electron chi connectivity index (χ1n) is 4.68. The Morgan fingerprint density at radius 1 is 1.57 bits per heavy atom. The summed E-state index contributed by atoms with van der Waals surface area (Å²) in [6, 6.07) is 1.81. The standard InChI is InChI=1S/C9H14N4O/c1-6-4-13(5-7(6)14)8-2-3-11-9(10)12-8/h2-3,6-7,14H,4-5H2,1H3,(H2,10,11,12). The van der Waals surface area contributed by atoms with Crippen LogP contribution in [-0.4, -0.2) is 34.3 Å². The maximum Gasteiger partial charge on any atom is 0.221 e. The number of aliphatic hydroxyl groups excluding tert-OH is 1. The molecule has 1 fully saturated rings. The molecule has 0 bridgehead atoms. The van der Waals surface area contributed by atoms with Crippen molar-refractivity contribution in [2.45, 2.75) is 13.0 Å². The summed E-state index contributed by atoms with van der Waals surface area (Å²) in [5.41, 5.74) is 5.48. The Hall–Kier alpha value is -1.36. The van der Waals surface area contributed by atoms with Gasteiger partial charge in [0.1, 0.15) is 5.82 Å². The minimum absolute atomic E-state index is 0.272. The molecular formula is C9H14N4O. The number of nitrogens with two attached hydrogens (primary N) is 1. The van der Waals surface area contributed by atoms with Gasteiger partial charge in [0.2, 0.25) is 5.95 Å². The molecule has 1 aliphatic heterocycles. The number of aromatic nitrogens is 2. The zero-order chi connectivity index (χ0) is 10.1. The molecule has 3 N–H and O–H groups in total. The molecule has 0 amide bonds. The largest absolute Gasteiger partial charge is 0.391 e. The SMILES string of the molecule is CC1CN(c2ccnc(N)n2)CC1O. The van der Waals surface area contributed by atoms with E-state index in [0.717, 1.165) is 12.4 Å². The van der Waals surface area contributed by atoms with E-state index in [1.54, 1.807) is 12.3 Å². The summed E-state index contributed by atoms with van der Waals surface area (Å²) in [7, 11) is 0. The highest BCUT2D eigenvalue weighted by molar-refractivity contribution is 5.42. The molecule has 0 aliphatic carbocycles. The molecule has 1 aromatic heterocycles. The molecule has 0 saturated carbocycles. The van der Waals surface area contributed by atoms with E-state index in [1.165, 1.54) is 0 Å². The molecule has 2 unspecified atom stereocenters. The van der Waals surface area contributed by atoms with Crippen molar-refractivity contribution >= 4 is 11.8 Å². The topological polar surface area (TPSA) is 75.3 Å². The third kappa shape index (κ3) is 1.63. The van der Waals surface area contributed by atoms with E-state index >= 15 is 0 Å². The molecule has 1 saturated heterocycles. The van der Waals surface area contributed by atoms with Crippen molar-refractivity contribution in [1.29, 1.82) is 0 Å². The third-order valence-electron chi connectivity index (χ3n) is 2.56. The molecule has 76 valence electrons. The lowest BCUT2D eigenvalue weighted by Crippen LogP contribution is -2.22. The van der Waals surface area contributed by atoms with Gasteiger partial charge < -0.3 is 15.7 Å². The van der Waals surface area contributed by atoms with E-state index in [0.29, 0.717) is 6.54 Å². The first kappa shape index (κ1) is 9.21. The Balaban J connectivity index is 2.17. The van der Waals surface area contributed by atoms with Gasteiger partial charge in [-0.3, -0.25) is 0 Å². The molecule has 5 nitrogen and oxygen atoms in total. The molecule has 5 heteroatoms. The van der Waals surface area contributed by atoms with Crippen molar-refractivity contribution in [1.82, 2.24) is 9.97 Å². The van der Waals surface area contributed by atoms with Crippen LogP contribution in [0.1, 0.15) is 6.92 Å². The Labute approximate surface area is 82.6 Å². The zero-order valence-corrected chi connectivity index (χ0v) is 8.09. The van der Waals surface area contributed by atoms with Crippen molar-refractivity contribution in [3.8, 4) is 0 Å². The summed E-state index contributed by atoms with van der Waals surface area (Å²) in [6.07, 6.45) is 1.36. The smallest absolute Gasteiger partial charge is 0.221 e. The van der Waals surface area contributed by atoms with Gasteiger partial charge in [0, 0.05) is 25.2 Å². The number of nitrogen functional groups attached to an aromatic ring is 1. The van der Waals surface area contributed by atoms with Crippen LogP contribution in [0.5, 0.6) is 0 Å². The summed E-state index contributed by atoms with van der Waals surface area (Å²) >= 11 is 0. The van der Waals surface area contributed by atoms with E-state index in [9.17, 15) is 5.11 Å². The van der Waals surface area contributed by atoms with Crippen LogP contribution >= 0.6 is 0 Å². The molecule has 0 spiro atoms. The first-order valence-corrected chi connectivity index (χ1v) is 4.68. The van der Waals surface area contributed by atoms with Crippen molar-refractivity contribution in [3.05, 3.63) is 12.3 Å². The molecule has 0 aromatic carbocycles. The van der Waals surface area contributed by atoms with Gasteiger partial charge in [-0.2, -0.15) is 4.98 Å². The molecule has 0 radical (unpaired) electrons. The van der Waals surface area contributed by atoms with E-state index in [4.69, 9.17) is 5.73 Å². The van der Waals surface area contributed by atoms with Crippen molar-refractivity contribution in [2.24, 2.45) is 5.92 Å². The number of aliphatic hydroxyl groups is 1. The van der Waals surface area contributed by atoms with Crippen molar-refractivity contribution < 1.29 is 5.11 Å². The maximum absolute atomic E-state index is 9.58. The predicted octanol–water partition coefficient (Wildman–Crippen LogP) is -0.124. The van der Waals surface area contributed by atoms with Crippen LogP contribution in [0.3, 0.4) is 0 Å². The van der Waals surface area contributed by atoms with Crippen LogP contribution in [0.4, 0.5) is 11.8 Å². The van der Waals surface area contributed by atoms with Gasteiger partial charge in [0.25, 0.3) is 0 Å².